The maximum absolute atomic E-state index is 10.6. The predicted molar refractivity (Wildman–Crippen MR) is 56.4 cm³/mol. The number of hydrogen-bond donors (Lipinski definition) is 1. The van der Waals surface area contributed by atoms with Gasteiger partial charge >= 0.3 is 0 Å². The second kappa shape index (κ2) is 4.86. The summed E-state index contributed by atoms with van der Waals surface area (Å²) in [5, 5.41) is 10.6. The fourth-order valence-corrected chi connectivity index (χ4v) is 1.51. The molecule has 0 aromatic heterocycles. The fourth-order valence-electron chi connectivity index (χ4n) is 1.51. The van der Waals surface area contributed by atoms with E-state index in [-0.39, 0.29) is 11.6 Å². The number of rotatable bonds is 4. The predicted octanol–water partition coefficient (Wildman–Crippen LogP) is 1.90. The molecule has 0 aliphatic rings. The van der Waals surface area contributed by atoms with E-state index in [2.05, 4.69) is 4.84 Å². The molecule has 0 amide bonds. The van der Waals surface area contributed by atoms with E-state index in [1.54, 1.807) is 12.1 Å². The molecule has 5 nitrogen and oxygen atoms in total. The first-order valence-corrected chi connectivity index (χ1v) is 4.63. The molecule has 82 valence electrons. The molecule has 0 radical (unpaired) electrons. The number of nitro benzene ring substituents is 1. The molecule has 0 fully saturated rings. The highest BCUT2D eigenvalue weighted by molar-refractivity contribution is 5.41. The third-order valence-electron chi connectivity index (χ3n) is 2.35. The molecular weight excluding hydrogens is 196 g/mol. The van der Waals surface area contributed by atoms with Crippen molar-refractivity contribution in [2.45, 2.75) is 19.8 Å². The summed E-state index contributed by atoms with van der Waals surface area (Å²) < 4.78 is 0. The fraction of sp³-hybridized carbons (Fsp3) is 0.400. The smallest absolute Gasteiger partial charge is 0.269 e. The molecule has 1 unspecified atom stereocenters. The van der Waals surface area contributed by atoms with Gasteiger partial charge in [-0.05, 0) is 18.1 Å². The largest absolute Gasteiger partial charge is 0.304 e. The molecule has 1 aromatic rings. The van der Waals surface area contributed by atoms with Gasteiger partial charge in [0, 0.05) is 18.1 Å². The Kier molecular flexibility index (Phi) is 3.76. The van der Waals surface area contributed by atoms with Crippen molar-refractivity contribution in [2.75, 3.05) is 6.61 Å². The molecule has 0 saturated heterocycles. The molecule has 1 atom stereocenters. The molecule has 0 aliphatic heterocycles. The van der Waals surface area contributed by atoms with Crippen LogP contribution >= 0.6 is 0 Å². The Hall–Kier alpha value is -1.46. The quantitative estimate of drug-likeness (QED) is 0.608. The number of nitrogens with zero attached hydrogens (tertiary/aromatic N) is 1. The third kappa shape index (κ3) is 2.74. The van der Waals surface area contributed by atoms with Gasteiger partial charge in [-0.25, -0.2) is 5.90 Å². The van der Waals surface area contributed by atoms with Crippen LogP contribution in [0.3, 0.4) is 0 Å². The monoisotopic (exact) mass is 210 g/mol. The highest BCUT2D eigenvalue weighted by Crippen LogP contribution is 2.24. The van der Waals surface area contributed by atoms with Gasteiger partial charge in [-0.15, -0.1) is 0 Å². The lowest BCUT2D eigenvalue weighted by atomic mass is 9.96. The standard InChI is InChI=1S/C10H14N2O3/c1-7-3-4-9(12(13)14)5-10(7)8(2)6-15-11/h3-5,8H,6,11H2,1-2H3. The van der Waals surface area contributed by atoms with E-state index in [1.807, 2.05) is 13.8 Å². The van der Waals surface area contributed by atoms with E-state index in [4.69, 9.17) is 5.90 Å². The van der Waals surface area contributed by atoms with Crippen LogP contribution in [0.1, 0.15) is 24.0 Å². The molecule has 0 saturated carbocycles. The number of aryl methyl sites for hydroxylation is 1. The van der Waals surface area contributed by atoms with Crippen molar-refractivity contribution in [2.24, 2.45) is 5.90 Å². The molecule has 5 heteroatoms. The minimum Gasteiger partial charge on any atom is -0.304 e. The van der Waals surface area contributed by atoms with Gasteiger partial charge in [0.25, 0.3) is 5.69 Å². The van der Waals surface area contributed by atoms with E-state index >= 15 is 0 Å². The van der Waals surface area contributed by atoms with Crippen LogP contribution in [0.25, 0.3) is 0 Å². The lowest BCUT2D eigenvalue weighted by molar-refractivity contribution is -0.384. The minimum absolute atomic E-state index is 0.0508. The van der Waals surface area contributed by atoms with Crippen LogP contribution in [-0.2, 0) is 4.84 Å². The molecule has 1 rings (SSSR count). The van der Waals surface area contributed by atoms with Crippen molar-refractivity contribution in [3.63, 3.8) is 0 Å². The van der Waals surface area contributed by atoms with Crippen molar-refractivity contribution in [1.82, 2.24) is 0 Å². The second-order valence-electron chi connectivity index (χ2n) is 3.53. The van der Waals surface area contributed by atoms with Gasteiger partial charge in [0.2, 0.25) is 0 Å². The zero-order valence-electron chi connectivity index (χ0n) is 8.77. The van der Waals surface area contributed by atoms with Crippen molar-refractivity contribution in [3.8, 4) is 0 Å². The van der Waals surface area contributed by atoms with Gasteiger partial charge in [-0.1, -0.05) is 13.0 Å². The average molecular weight is 210 g/mol. The van der Waals surface area contributed by atoms with Crippen LogP contribution in [0.15, 0.2) is 18.2 Å². The number of nitro groups is 1. The normalized spacial score (nSPS) is 12.5. The summed E-state index contributed by atoms with van der Waals surface area (Å²) in [5.41, 5.74) is 2.00. The first-order valence-electron chi connectivity index (χ1n) is 4.63. The van der Waals surface area contributed by atoms with Gasteiger partial charge in [0.05, 0.1) is 11.5 Å². The van der Waals surface area contributed by atoms with Crippen LogP contribution in [-0.4, -0.2) is 11.5 Å². The van der Waals surface area contributed by atoms with Crippen LogP contribution in [0.4, 0.5) is 5.69 Å². The Morgan fingerprint density at radius 2 is 2.27 bits per heavy atom. The summed E-state index contributed by atoms with van der Waals surface area (Å²) in [5.74, 6) is 5.03. The number of nitrogens with two attached hydrogens (primary N) is 1. The van der Waals surface area contributed by atoms with Crippen molar-refractivity contribution in [3.05, 3.63) is 39.4 Å². The Morgan fingerprint density at radius 1 is 1.60 bits per heavy atom. The minimum atomic E-state index is -0.404. The summed E-state index contributed by atoms with van der Waals surface area (Å²) >= 11 is 0. The van der Waals surface area contributed by atoms with Crippen molar-refractivity contribution < 1.29 is 9.76 Å². The lowest BCUT2D eigenvalue weighted by Crippen LogP contribution is -2.09. The van der Waals surface area contributed by atoms with Gasteiger partial charge in [0.1, 0.15) is 0 Å². The summed E-state index contributed by atoms with van der Waals surface area (Å²) in [6.07, 6.45) is 0. The van der Waals surface area contributed by atoms with Crippen molar-refractivity contribution in [1.29, 1.82) is 0 Å². The van der Waals surface area contributed by atoms with Gasteiger partial charge < -0.3 is 4.84 Å². The summed E-state index contributed by atoms with van der Waals surface area (Å²) in [7, 11) is 0. The Morgan fingerprint density at radius 3 is 2.80 bits per heavy atom. The Labute approximate surface area is 88.0 Å². The van der Waals surface area contributed by atoms with E-state index in [1.165, 1.54) is 6.07 Å². The SMILES string of the molecule is Cc1ccc([N+](=O)[O-])cc1C(C)CON. The van der Waals surface area contributed by atoms with Gasteiger partial charge in [-0.2, -0.15) is 0 Å². The summed E-state index contributed by atoms with van der Waals surface area (Å²) in [6, 6.07) is 4.80. The molecule has 0 aliphatic carbocycles. The second-order valence-corrected chi connectivity index (χ2v) is 3.53. The summed E-state index contributed by atoms with van der Waals surface area (Å²) in [6.45, 7) is 4.17. The molecule has 0 spiro atoms. The number of benzene rings is 1. The molecule has 2 N–H and O–H groups in total. The third-order valence-corrected chi connectivity index (χ3v) is 2.35. The maximum Gasteiger partial charge on any atom is 0.269 e. The Balaban J connectivity index is 3.04. The first kappa shape index (κ1) is 11.6. The topological polar surface area (TPSA) is 78.4 Å². The lowest BCUT2D eigenvalue weighted by Gasteiger charge is -2.12. The van der Waals surface area contributed by atoms with Gasteiger partial charge in [0.15, 0.2) is 0 Å². The van der Waals surface area contributed by atoms with E-state index < -0.39 is 4.92 Å². The maximum atomic E-state index is 10.6. The molecule has 1 aromatic carbocycles. The van der Waals surface area contributed by atoms with Crippen LogP contribution in [0.2, 0.25) is 0 Å². The zero-order chi connectivity index (χ0) is 11.4. The van der Waals surface area contributed by atoms with E-state index in [9.17, 15) is 10.1 Å². The first-order chi connectivity index (χ1) is 7.06. The number of non-ortho nitro benzene ring substituents is 1. The average Bonchev–Trinajstić information content (AvgIpc) is 2.18. The number of hydrogen-bond acceptors (Lipinski definition) is 4. The van der Waals surface area contributed by atoms with Crippen LogP contribution in [0, 0.1) is 17.0 Å². The summed E-state index contributed by atoms with van der Waals surface area (Å²) in [4.78, 5) is 14.7. The van der Waals surface area contributed by atoms with Gasteiger partial charge in [-0.3, -0.25) is 10.1 Å². The Bertz CT molecular complexity index is 366. The molecule has 0 bridgehead atoms. The highest BCUT2D eigenvalue weighted by atomic mass is 16.6. The molecule has 0 heterocycles. The van der Waals surface area contributed by atoms with E-state index in [0.29, 0.717) is 6.61 Å². The van der Waals surface area contributed by atoms with E-state index in [0.717, 1.165) is 11.1 Å². The molecule has 15 heavy (non-hydrogen) atoms. The van der Waals surface area contributed by atoms with Crippen LogP contribution in [0.5, 0.6) is 0 Å². The highest BCUT2D eigenvalue weighted by Gasteiger charge is 2.13. The zero-order valence-corrected chi connectivity index (χ0v) is 8.77. The molecular formula is C10H14N2O3. The van der Waals surface area contributed by atoms with Crippen molar-refractivity contribution >= 4 is 5.69 Å². The van der Waals surface area contributed by atoms with Crippen LogP contribution < -0.4 is 5.90 Å².